The summed E-state index contributed by atoms with van der Waals surface area (Å²) in [5.41, 5.74) is 4.36. The standard InChI is InChI=1S/C71H29F3N12/c72-71(73,74)62-3-1-2-53(39-84)69(62)70-67(85-63-26-49(54-16-40(30-75)12-41(17-54)31-76)4-8-58(63)59-9-5-50(27-64(59)85)55-18-42(32-77)13-43(19-55)33-78)24-48(38-83)25-68(70)86-65-28-51(56-20-44(34-79)14-45(21-56)35-80)6-10-60(65)61-11-7-52(29-66(61)86)57-22-46(36-81)15-47(23-57)37-82/h1-29H. The molecule has 10 aromatic carbocycles. The normalized spacial score (nSPS) is 10.8. The van der Waals surface area contributed by atoms with Crippen LogP contribution in [0, 0.1) is 113 Å². The van der Waals surface area contributed by atoms with Crippen molar-refractivity contribution in [1.29, 1.82) is 52.6 Å². The first-order valence-electron chi connectivity index (χ1n) is 25.9. The fourth-order valence-electron chi connectivity index (χ4n) is 11.4. The Kier molecular flexibility index (Phi) is 12.9. The van der Waals surface area contributed by atoms with Crippen LogP contribution >= 0.6 is 0 Å². The minimum absolute atomic E-state index is 0.0170. The largest absolute Gasteiger partial charge is 0.417 e. The Hall–Kier alpha value is -13.5. The Morgan fingerprint density at radius 3 is 0.779 bits per heavy atom. The van der Waals surface area contributed by atoms with E-state index < -0.39 is 17.3 Å². The minimum atomic E-state index is -5.12. The molecule has 0 aliphatic carbocycles. The van der Waals surface area contributed by atoms with Crippen LogP contribution in [-0.2, 0) is 6.18 Å². The van der Waals surface area contributed by atoms with E-state index in [0.29, 0.717) is 88.1 Å². The summed E-state index contributed by atoms with van der Waals surface area (Å²) in [5.74, 6) is 0. The molecule has 2 aromatic heterocycles. The van der Waals surface area contributed by atoms with Crippen molar-refractivity contribution in [1.82, 2.24) is 9.13 Å². The predicted octanol–water partition coefficient (Wildman–Crippen LogP) is 16.0. The van der Waals surface area contributed by atoms with Crippen LogP contribution in [0.15, 0.2) is 176 Å². The molecule has 15 heteroatoms. The molecule has 12 rings (SSSR count). The van der Waals surface area contributed by atoms with Crippen LogP contribution in [0.1, 0.15) is 61.2 Å². The number of hydrogen-bond donors (Lipinski definition) is 0. The van der Waals surface area contributed by atoms with Crippen molar-refractivity contribution < 1.29 is 13.2 Å². The Morgan fingerprint density at radius 2 is 0.535 bits per heavy atom. The van der Waals surface area contributed by atoms with Crippen LogP contribution < -0.4 is 0 Å². The molecule has 0 amide bonds. The molecule has 86 heavy (non-hydrogen) atoms. The number of alkyl halides is 3. The van der Waals surface area contributed by atoms with Gasteiger partial charge in [0, 0.05) is 32.7 Å². The predicted molar refractivity (Wildman–Crippen MR) is 314 cm³/mol. The fraction of sp³-hybridized carbons (Fsp3) is 0.0141. The van der Waals surface area contributed by atoms with Crippen LogP contribution in [0.4, 0.5) is 13.2 Å². The Morgan fingerprint density at radius 1 is 0.267 bits per heavy atom. The van der Waals surface area contributed by atoms with Gasteiger partial charge in [0.1, 0.15) is 0 Å². The van der Waals surface area contributed by atoms with E-state index in [1.165, 1.54) is 42.5 Å². The number of fused-ring (bicyclic) bond motifs is 6. The molecule has 0 spiro atoms. The number of nitrogens with zero attached hydrogens (tertiary/aromatic N) is 12. The first kappa shape index (κ1) is 53.1. The van der Waals surface area contributed by atoms with E-state index in [-0.39, 0.29) is 72.6 Å². The van der Waals surface area contributed by atoms with Crippen molar-refractivity contribution in [2.75, 3.05) is 0 Å². The summed E-state index contributed by atoms with van der Waals surface area (Å²) in [4.78, 5) is 0. The van der Waals surface area contributed by atoms with Gasteiger partial charge in [-0.1, -0.05) is 54.6 Å². The zero-order chi connectivity index (χ0) is 60.1. The van der Waals surface area contributed by atoms with E-state index in [4.69, 9.17) is 0 Å². The molecule has 0 atom stereocenters. The lowest BCUT2D eigenvalue weighted by Gasteiger charge is -2.24. The van der Waals surface area contributed by atoms with Crippen molar-refractivity contribution in [2.45, 2.75) is 6.18 Å². The molecular weight excluding hydrogens is 1080 g/mol. The molecule has 0 aliphatic heterocycles. The molecule has 2 heterocycles. The third kappa shape index (κ3) is 9.00. The molecule has 394 valence electrons. The highest BCUT2D eigenvalue weighted by Gasteiger charge is 2.37. The summed E-state index contributed by atoms with van der Waals surface area (Å²) in [6.45, 7) is 0. The van der Waals surface area contributed by atoms with Gasteiger partial charge in [0.25, 0.3) is 0 Å². The summed E-state index contributed by atoms with van der Waals surface area (Å²) in [6, 6.07) is 67.2. The zero-order valence-electron chi connectivity index (χ0n) is 44.2. The lowest BCUT2D eigenvalue weighted by molar-refractivity contribution is -0.137. The highest BCUT2D eigenvalue weighted by molar-refractivity contribution is 6.14. The quantitative estimate of drug-likeness (QED) is 0.146. The third-order valence-corrected chi connectivity index (χ3v) is 15.1. The lowest BCUT2D eigenvalue weighted by atomic mass is 9.90. The molecule has 0 N–H and O–H groups in total. The number of benzene rings is 10. The monoisotopic (exact) mass is 1110 g/mol. The molecule has 0 aliphatic rings. The van der Waals surface area contributed by atoms with Gasteiger partial charge in [-0.05, 0) is 166 Å². The maximum absolute atomic E-state index is 16.3. The van der Waals surface area contributed by atoms with Crippen LogP contribution in [-0.4, -0.2) is 9.13 Å². The van der Waals surface area contributed by atoms with Gasteiger partial charge < -0.3 is 9.13 Å². The second kappa shape index (κ2) is 20.9. The molecule has 0 bridgehead atoms. The molecule has 0 saturated carbocycles. The van der Waals surface area contributed by atoms with E-state index in [1.54, 1.807) is 130 Å². The third-order valence-electron chi connectivity index (χ3n) is 15.1. The zero-order valence-corrected chi connectivity index (χ0v) is 44.2. The number of halogens is 3. The average Bonchev–Trinajstić information content (AvgIpc) is 1.54. The van der Waals surface area contributed by atoms with E-state index in [9.17, 15) is 52.6 Å². The van der Waals surface area contributed by atoms with Gasteiger partial charge in [0.15, 0.2) is 0 Å². The van der Waals surface area contributed by atoms with Crippen molar-refractivity contribution in [3.05, 3.63) is 237 Å². The second-order valence-electron chi connectivity index (χ2n) is 20.0. The number of nitriles is 10. The van der Waals surface area contributed by atoms with E-state index >= 15 is 13.2 Å². The number of hydrogen-bond acceptors (Lipinski definition) is 10. The summed E-state index contributed by atoms with van der Waals surface area (Å²) in [7, 11) is 0. The second-order valence-corrected chi connectivity index (χ2v) is 20.0. The molecule has 12 aromatic rings. The molecule has 12 nitrogen and oxygen atoms in total. The van der Waals surface area contributed by atoms with Gasteiger partial charge in [-0.2, -0.15) is 65.8 Å². The smallest absolute Gasteiger partial charge is 0.308 e. The average molecular weight is 1110 g/mol. The summed E-state index contributed by atoms with van der Waals surface area (Å²) in [6.07, 6.45) is -5.12. The molecule has 0 radical (unpaired) electrons. The first-order chi connectivity index (χ1) is 41.7. The number of rotatable bonds is 7. The maximum Gasteiger partial charge on any atom is 0.417 e. The molecule has 0 saturated heterocycles. The Labute approximate surface area is 487 Å². The van der Waals surface area contributed by atoms with Gasteiger partial charge in [0.2, 0.25) is 0 Å². The van der Waals surface area contributed by atoms with Gasteiger partial charge in [-0.15, -0.1) is 0 Å². The van der Waals surface area contributed by atoms with Gasteiger partial charge >= 0.3 is 6.18 Å². The fourth-order valence-corrected chi connectivity index (χ4v) is 11.4. The Balaban J connectivity index is 1.31. The first-order valence-corrected chi connectivity index (χ1v) is 25.9. The molecular formula is C71H29F3N12. The van der Waals surface area contributed by atoms with Crippen LogP contribution in [0.25, 0.3) is 111 Å². The van der Waals surface area contributed by atoms with Gasteiger partial charge in [0.05, 0.1) is 155 Å². The summed E-state index contributed by atoms with van der Waals surface area (Å²) in [5, 5.41) is 105. The summed E-state index contributed by atoms with van der Waals surface area (Å²) >= 11 is 0. The van der Waals surface area contributed by atoms with E-state index in [0.717, 1.165) is 12.1 Å². The van der Waals surface area contributed by atoms with Crippen molar-refractivity contribution in [3.8, 4) is 128 Å². The van der Waals surface area contributed by atoms with Crippen molar-refractivity contribution in [3.63, 3.8) is 0 Å². The van der Waals surface area contributed by atoms with Crippen molar-refractivity contribution >= 4 is 43.6 Å². The molecule has 0 unspecified atom stereocenters. The van der Waals surface area contributed by atoms with Gasteiger partial charge in [-0.3, -0.25) is 0 Å². The highest BCUT2D eigenvalue weighted by atomic mass is 19.4. The van der Waals surface area contributed by atoms with Crippen LogP contribution in [0.5, 0.6) is 0 Å². The summed E-state index contributed by atoms with van der Waals surface area (Å²) < 4.78 is 52.2. The van der Waals surface area contributed by atoms with Crippen LogP contribution in [0.2, 0.25) is 0 Å². The van der Waals surface area contributed by atoms with E-state index in [2.05, 4.69) is 54.6 Å². The highest BCUT2D eigenvalue weighted by Crippen LogP contribution is 2.49. The minimum Gasteiger partial charge on any atom is -0.308 e. The van der Waals surface area contributed by atoms with E-state index in [1.807, 2.05) is 6.07 Å². The topological polar surface area (TPSA) is 248 Å². The van der Waals surface area contributed by atoms with Gasteiger partial charge in [-0.25, -0.2) is 0 Å². The lowest BCUT2D eigenvalue weighted by Crippen LogP contribution is -2.12. The number of aromatic nitrogens is 2. The maximum atomic E-state index is 16.3. The van der Waals surface area contributed by atoms with Crippen LogP contribution in [0.3, 0.4) is 0 Å². The Bertz CT molecular complexity index is 4800. The SMILES string of the molecule is N#Cc1cc(C#N)cc(-c2ccc3c4ccc(-c5cc(C#N)cc(C#N)c5)cc4n(-c4cc(C#N)cc(-n5c6cc(-c7cc(C#N)cc(C#N)c7)ccc6c6ccc(-c7cc(C#N)cc(C#N)c7)cc65)c4-c4c(C#N)cccc4C(F)(F)F)c3c2)c1. The van der Waals surface area contributed by atoms with Crippen molar-refractivity contribution in [2.24, 2.45) is 0 Å². The molecule has 0 fully saturated rings.